The third-order valence-electron chi connectivity index (χ3n) is 5.77. The fraction of sp³-hybridized carbons (Fsp3) is 0.632. The summed E-state index contributed by atoms with van der Waals surface area (Å²) in [6.45, 7) is 1.83. The third kappa shape index (κ3) is 3.04. The van der Waals surface area contributed by atoms with Crippen LogP contribution in [-0.2, 0) is 11.3 Å². The summed E-state index contributed by atoms with van der Waals surface area (Å²) in [7, 11) is 1.91. The number of fused-ring (bicyclic) bond motifs is 3. The Bertz CT molecular complexity index is 600. The molecular formula is C19H25NO3. The maximum Gasteiger partial charge on any atom is 0.222 e. The fourth-order valence-corrected chi connectivity index (χ4v) is 4.55. The van der Waals surface area contributed by atoms with E-state index in [-0.39, 0.29) is 5.91 Å². The summed E-state index contributed by atoms with van der Waals surface area (Å²) in [5, 5.41) is 0. The average molecular weight is 315 g/mol. The normalized spacial score (nSPS) is 28.0. The van der Waals surface area contributed by atoms with Crippen molar-refractivity contribution in [1.29, 1.82) is 0 Å². The maximum absolute atomic E-state index is 12.5. The van der Waals surface area contributed by atoms with Gasteiger partial charge in [0.25, 0.3) is 0 Å². The molecule has 3 unspecified atom stereocenters. The van der Waals surface area contributed by atoms with Gasteiger partial charge in [0, 0.05) is 20.0 Å². The third-order valence-corrected chi connectivity index (χ3v) is 5.77. The molecule has 1 heterocycles. The Morgan fingerprint density at radius 1 is 1.17 bits per heavy atom. The zero-order valence-corrected chi connectivity index (χ0v) is 13.8. The molecule has 1 aromatic carbocycles. The molecule has 4 rings (SSSR count). The lowest BCUT2D eigenvalue weighted by Crippen LogP contribution is -2.29. The van der Waals surface area contributed by atoms with Gasteiger partial charge in [0.15, 0.2) is 11.5 Å². The number of benzene rings is 1. The van der Waals surface area contributed by atoms with Crippen molar-refractivity contribution in [3.63, 3.8) is 0 Å². The maximum atomic E-state index is 12.5. The summed E-state index contributed by atoms with van der Waals surface area (Å²) >= 11 is 0. The summed E-state index contributed by atoms with van der Waals surface area (Å²) < 4.78 is 11.2. The molecule has 1 amide bonds. The standard InChI is InChI=1S/C19H25NO3/c1-20(19(21)11-16-9-13-2-4-15(16)8-13)12-14-3-5-17-18(10-14)23-7-6-22-17/h3,5,10,13,15-16H,2,4,6-9,11-12H2,1H3. The predicted molar refractivity (Wildman–Crippen MR) is 87.5 cm³/mol. The monoisotopic (exact) mass is 315 g/mol. The smallest absolute Gasteiger partial charge is 0.222 e. The molecule has 1 aliphatic heterocycles. The van der Waals surface area contributed by atoms with E-state index in [4.69, 9.17) is 9.47 Å². The molecule has 0 radical (unpaired) electrons. The molecule has 1 aromatic rings. The van der Waals surface area contributed by atoms with Crippen LogP contribution in [0.4, 0.5) is 0 Å². The van der Waals surface area contributed by atoms with Crippen molar-refractivity contribution in [2.45, 2.75) is 38.6 Å². The highest BCUT2D eigenvalue weighted by Crippen LogP contribution is 2.49. The number of amides is 1. The van der Waals surface area contributed by atoms with Crippen LogP contribution in [0.25, 0.3) is 0 Å². The van der Waals surface area contributed by atoms with Crippen molar-refractivity contribution in [3.8, 4) is 11.5 Å². The summed E-state index contributed by atoms with van der Waals surface area (Å²) in [6.07, 6.45) is 6.09. The van der Waals surface area contributed by atoms with Gasteiger partial charge in [0.1, 0.15) is 13.2 Å². The van der Waals surface area contributed by atoms with E-state index in [1.54, 1.807) is 0 Å². The highest BCUT2D eigenvalue weighted by Gasteiger charge is 2.40. The Labute approximate surface area is 137 Å². The molecule has 4 nitrogen and oxygen atoms in total. The molecule has 2 aliphatic carbocycles. The molecule has 3 aliphatic rings. The van der Waals surface area contributed by atoms with Crippen molar-refractivity contribution in [1.82, 2.24) is 4.90 Å². The van der Waals surface area contributed by atoms with E-state index in [1.165, 1.54) is 25.7 Å². The first-order valence-electron chi connectivity index (χ1n) is 8.81. The molecule has 0 spiro atoms. The number of hydrogen-bond donors (Lipinski definition) is 0. The number of hydrogen-bond acceptors (Lipinski definition) is 3. The number of carbonyl (C=O) groups is 1. The van der Waals surface area contributed by atoms with E-state index in [9.17, 15) is 4.79 Å². The molecule has 3 atom stereocenters. The quantitative estimate of drug-likeness (QED) is 0.856. The Kier molecular flexibility index (Phi) is 3.92. The van der Waals surface area contributed by atoms with Crippen molar-refractivity contribution in [2.75, 3.05) is 20.3 Å². The highest BCUT2D eigenvalue weighted by atomic mass is 16.6. The van der Waals surface area contributed by atoms with Crippen LogP contribution in [0, 0.1) is 17.8 Å². The summed E-state index contributed by atoms with van der Waals surface area (Å²) in [5.74, 6) is 4.22. The van der Waals surface area contributed by atoms with Crippen LogP contribution in [0.1, 0.15) is 37.7 Å². The molecule has 0 saturated heterocycles. The van der Waals surface area contributed by atoms with E-state index >= 15 is 0 Å². The lowest BCUT2D eigenvalue weighted by atomic mass is 9.86. The van der Waals surface area contributed by atoms with Crippen LogP contribution in [0.15, 0.2) is 18.2 Å². The van der Waals surface area contributed by atoms with Crippen LogP contribution in [0.2, 0.25) is 0 Å². The van der Waals surface area contributed by atoms with Crippen molar-refractivity contribution < 1.29 is 14.3 Å². The van der Waals surface area contributed by atoms with Crippen molar-refractivity contribution in [2.24, 2.45) is 17.8 Å². The molecule has 2 fully saturated rings. The van der Waals surface area contributed by atoms with Crippen LogP contribution in [0.3, 0.4) is 0 Å². The van der Waals surface area contributed by atoms with Crippen LogP contribution in [-0.4, -0.2) is 31.1 Å². The van der Waals surface area contributed by atoms with E-state index in [0.717, 1.165) is 35.3 Å². The average Bonchev–Trinajstić information content (AvgIpc) is 3.17. The second kappa shape index (κ2) is 6.06. The van der Waals surface area contributed by atoms with E-state index in [1.807, 2.05) is 30.1 Å². The molecule has 4 heteroatoms. The van der Waals surface area contributed by atoms with Gasteiger partial charge in [-0.2, -0.15) is 0 Å². The minimum absolute atomic E-state index is 0.275. The van der Waals surface area contributed by atoms with Crippen LogP contribution < -0.4 is 9.47 Å². The van der Waals surface area contributed by atoms with Gasteiger partial charge in [-0.3, -0.25) is 4.79 Å². The number of ether oxygens (including phenoxy) is 2. The Morgan fingerprint density at radius 3 is 2.74 bits per heavy atom. The van der Waals surface area contributed by atoms with E-state index in [0.29, 0.717) is 25.7 Å². The Balaban J connectivity index is 1.35. The van der Waals surface area contributed by atoms with E-state index in [2.05, 4.69) is 0 Å². The summed E-state index contributed by atoms with van der Waals surface area (Å²) in [6, 6.07) is 5.96. The summed E-state index contributed by atoms with van der Waals surface area (Å²) in [5.41, 5.74) is 1.10. The van der Waals surface area contributed by atoms with E-state index < -0.39 is 0 Å². The van der Waals surface area contributed by atoms with Gasteiger partial charge in [-0.1, -0.05) is 12.5 Å². The molecule has 0 aromatic heterocycles. The zero-order valence-electron chi connectivity index (χ0n) is 13.8. The summed E-state index contributed by atoms with van der Waals surface area (Å²) in [4.78, 5) is 14.4. The lowest BCUT2D eigenvalue weighted by molar-refractivity contribution is -0.131. The SMILES string of the molecule is CN(Cc1ccc2c(c1)OCCO2)C(=O)CC1CC2CCC1C2. The lowest BCUT2D eigenvalue weighted by Gasteiger charge is -2.25. The van der Waals surface area contributed by atoms with Crippen molar-refractivity contribution in [3.05, 3.63) is 23.8 Å². The van der Waals surface area contributed by atoms with Crippen LogP contribution >= 0.6 is 0 Å². The number of nitrogens with zero attached hydrogens (tertiary/aromatic N) is 1. The molecule has 0 N–H and O–H groups in total. The molecule has 2 saturated carbocycles. The Morgan fingerprint density at radius 2 is 2.00 bits per heavy atom. The van der Waals surface area contributed by atoms with Gasteiger partial charge < -0.3 is 14.4 Å². The first-order chi connectivity index (χ1) is 11.2. The van der Waals surface area contributed by atoms with Gasteiger partial charge in [0.2, 0.25) is 5.91 Å². The minimum atomic E-state index is 0.275. The predicted octanol–water partition coefficient (Wildman–Crippen LogP) is 3.24. The second-order valence-electron chi connectivity index (χ2n) is 7.37. The number of carbonyl (C=O) groups excluding carboxylic acids is 1. The molecule has 2 bridgehead atoms. The first kappa shape index (κ1) is 14.9. The van der Waals surface area contributed by atoms with Crippen LogP contribution in [0.5, 0.6) is 11.5 Å². The highest BCUT2D eigenvalue weighted by molar-refractivity contribution is 5.76. The zero-order chi connectivity index (χ0) is 15.8. The first-order valence-corrected chi connectivity index (χ1v) is 8.81. The fourth-order valence-electron chi connectivity index (χ4n) is 4.55. The molecular weight excluding hydrogens is 290 g/mol. The topological polar surface area (TPSA) is 38.8 Å². The molecule has 124 valence electrons. The van der Waals surface area contributed by atoms with Gasteiger partial charge in [0.05, 0.1) is 0 Å². The minimum Gasteiger partial charge on any atom is -0.486 e. The largest absolute Gasteiger partial charge is 0.486 e. The van der Waals surface area contributed by atoms with Gasteiger partial charge in [-0.25, -0.2) is 0 Å². The van der Waals surface area contributed by atoms with Gasteiger partial charge in [-0.05, 0) is 54.7 Å². The molecule has 23 heavy (non-hydrogen) atoms. The van der Waals surface area contributed by atoms with Crippen molar-refractivity contribution >= 4 is 5.91 Å². The Hall–Kier alpha value is -1.71. The van der Waals surface area contributed by atoms with Gasteiger partial charge in [-0.15, -0.1) is 0 Å². The number of rotatable bonds is 4. The van der Waals surface area contributed by atoms with Gasteiger partial charge >= 0.3 is 0 Å². The second-order valence-corrected chi connectivity index (χ2v) is 7.37.